The molecule has 1 aromatic carbocycles. The maximum atomic E-state index is 14.7. The van der Waals surface area contributed by atoms with Crippen LogP contribution in [-0.2, 0) is 10.5 Å². The van der Waals surface area contributed by atoms with Gasteiger partial charge in [0.25, 0.3) is 0 Å². The summed E-state index contributed by atoms with van der Waals surface area (Å²) in [5, 5.41) is 19.0. The van der Waals surface area contributed by atoms with E-state index in [1.807, 2.05) is 0 Å². The highest BCUT2D eigenvalue weighted by atomic mass is 35.5. The van der Waals surface area contributed by atoms with Gasteiger partial charge in [0.05, 0.1) is 17.1 Å². The second-order valence-corrected chi connectivity index (χ2v) is 12.8. The number of benzene rings is 1. The molecular formula is C31H32ClFN8O3S. The van der Waals surface area contributed by atoms with Crippen molar-refractivity contribution in [2.75, 3.05) is 23.7 Å². The van der Waals surface area contributed by atoms with Crippen LogP contribution < -0.4 is 21.6 Å². The molecule has 1 amide bonds. The van der Waals surface area contributed by atoms with Gasteiger partial charge in [-0.1, -0.05) is 29.4 Å². The Morgan fingerprint density at radius 2 is 1.87 bits per heavy atom. The lowest BCUT2D eigenvalue weighted by Gasteiger charge is -2.47. The fourth-order valence-corrected chi connectivity index (χ4v) is 6.65. The van der Waals surface area contributed by atoms with Gasteiger partial charge in [0, 0.05) is 59.9 Å². The number of carbonyl (C=O) groups is 1. The zero-order valence-corrected chi connectivity index (χ0v) is 26.2. The Hall–Kier alpha value is -3.91. The topological polar surface area (TPSA) is 138 Å². The van der Waals surface area contributed by atoms with E-state index in [1.54, 1.807) is 24.3 Å². The fraction of sp³-hybridized carbons (Fsp3) is 0.355. The summed E-state index contributed by atoms with van der Waals surface area (Å²) in [6, 6.07) is 13.4. The molecule has 1 aliphatic carbocycles. The SMILES string of the molecule is C[C@@H]1CN(C2CC(C(=O)Nc3cc(Nc4cc(-c5cc(Cl)ccc5F)nnc4SCc4cccc(=O)o4)ncn3)C2)C[C@H](C)N1. The van der Waals surface area contributed by atoms with Crippen LogP contribution in [0.25, 0.3) is 11.3 Å². The number of carbonyl (C=O) groups excluding carboxylic acids is 1. The van der Waals surface area contributed by atoms with Crippen molar-refractivity contribution < 1.29 is 13.6 Å². The van der Waals surface area contributed by atoms with E-state index in [-0.39, 0.29) is 23.1 Å². The smallest absolute Gasteiger partial charge is 0.335 e. The van der Waals surface area contributed by atoms with Crippen molar-refractivity contribution in [3.8, 4) is 11.3 Å². The average molecular weight is 651 g/mol. The molecule has 0 unspecified atom stereocenters. The van der Waals surface area contributed by atoms with Gasteiger partial charge in [-0.15, -0.1) is 10.2 Å². The highest BCUT2D eigenvalue weighted by Gasteiger charge is 2.39. The zero-order valence-electron chi connectivity index (χ0n) is 24.7. The second-order valence-electron chi connectivity index (χ2n) is 11.4. The molecule has 3 aromatic heterocycles. The first kappa shape index (κ1) is 31.1. The van der Waals surface area contributed by atoms with E-state index >= 15 is 0 Å². The van der Waals surface area contributed by atoms with Crippen molar-refractivity contribution in [3.05, 3.63) is 81.9 Å². The van der Waals surface area contributed by atoms with Crippen molar-refractivity contribution in [2.24, 2.45) is 5.92 Å². The fourth-order valence-electron chi connectivity index (χ4n) is 5.68. The lowest BCUT2D eigenvalue weighted by Crippen LogP contribution is -2.60. The van der Waals surface area contributed by atoms with E-state index in [0.29, 0.717) is 57.0 Å². The number of amides is 1. The van der Waals surface area contributed by atoms with Crippen LogP contribution >= 0.6 is 23.4 Å². The molecule has 11 nitrogen and oxygen atoms in total. The molecule has 45 heavy (non-hydrogen) atoms. The standard InChI is InChI=1S/C31H32ClFN8O3S/c1-17-13-41(14-18(2)36-17)21-8-19(9-21)30(43)38-28-12-27(34-16-35-28)37-26-11-25(23-10-20(32)6-7-24(23)33)39-40-31(26)45-15-22-4-3-5-29(42)44-22/h3-7,10-12,16-19,21,36H,8-9,13-15H2,1-2H3,(H2,34,35,37,38,39,43)/t17-,18+,19?,21?. The highest BCUT2D eigenvalue weighted by Crippen LogP contribution is 2.35. The minimum atomic E-state index is -0.502. The van der Waals surface area contributed by atoms with Crippen LogP contribution in [0.4, 0.5) is 21.7 Å². The van der Waals surface area contributed by atoms with E-state index in [0.717, 1.165) is 25.9 Å². The Kier molecular flexibility index (Phi) is 9.40. The molecule has 1 aliphatic heterocycles. The van der Waals surface area contributed by atoms with Crippen LogP contribution in [0.1, 0.15) is 32.4 Å². The van der Waals surface area contributed by atoms with Crippen LogP contribution in [0.15, 0.2) is 69.1 Å². The van der Waals surface area contributed by atoms with Crippen LogP contribution in [0.3, 0.4) is 0 Å². The molecule has 0 bridgehead atoms. The Bertz CT molecular complexity index is 1740. The summed E-state index contributed by atoms with van der Waals surface area (Å²) >= 11 is 7.40. The molecule has 0 radical (unpaired) electrons. The van der Waals surface area contributed by atoms with Crippen molar-refractivity contribution in [2.45, 2.75) is 55.6 Å². The first-order valence-electron chi connectivity index (χ1n) is 14.6. The summed E-state index contributed by atoms with van der Waals surface area (Å²) in [4.78, 5) is 35.7. The number of nitrogens with zero attached hydrogens (tertiary/aromatic N) is 5. The molecular weight excluding hydrogens is 619 g/mol. The molecule has 14 heteroatoms. The van der Waals surface area contributed by atoms with E-state index in [1.165, 1.54) is 42.4 Å². The Balaban J connectivity index is 1.17. The Labute approximate surface area is 268 Å². The maximum Gasteiger partial charge on any atom is 0.335 e. The largest absolute Gasteiger partial charge is 0.427 e. The average Bonchev–Trinajstić information content (AvgIpc) is 2.97. The highest BCUT2D eigenvalue weighted by molar-refractivity contribution is 7.98. The zero-order chi connectivity index (χ0) is 31.5. The van der Waals surface area contributed by atoms with Crippen molar-refractivity contribution >= 4 is 46.6 Å². The van der Waals surface area contributed by atoms with Crippen molar-refractivity contribution in [1.82, 2.24) is 30.4 Å². The molecule has 2 atom stereocenters. The number of thioether (sulfide) groups is 1. The summed E-state index contributed by atoms with van der Waals surface area (Å²) in [7, 11) is 0. The molecule has 2 aliphatic rings. The van der Waals surface area contributed by atoms with Gasteiger partial charge in [0.2, 0.25) is 5.91 Å². The molecule has 3 N–H and O–H groups in total. The van der Waals surface area contributed by atoms with Gasteiger partial charge in [-0.3, -0.25) is 9.69 Å². The molecule has 1 saturated carbocycles. The minimum absolute atomic E-state index is 0.0722. The summed E-state index contributed by atoms with van der Waals surface area (Å²) in [5.41, 5.74) is 0.455. The molecule has 2 fully saturated rings. The minimum Gasteiger partial charge on any atom is -0.427 e. The third-order valence-electron chi connectivity index (χ3n) is 7.83. The predicted molar refractivity (Wildman–Crippen MR) is 171 cm³/mol. The number of piperazine rings is 1. The first-order valence-corrected chi connectivity index (χ1v) is 16.0. The molecule has 0 spiro atoms. The Morgan fingerprint density at radius 3 is 2.64 bits per heavy atom. The van der Waals surface area contributed by atoms with Gasteiger partial charge in [0.1, 0.15) is 34.6 Å². The molecule has 4 heterocycles. The van der Waals surface area contributed by atoms with E-state index in [2.05, 4.69) is 54.9 Å². The van der Waals surface area contributed by atoms with Crippen LogP contribution in [0.2, 0.25) is 5.02 Å². The van der Waals surface area contributed by atoms with Gasteiger partial charge in [-0.05, 0) is 57.0 Å². The summed E-state index contributed by atoms with van der Waals surface area (Å²) in [5.74, 6) is 0.833. The summed E-state index contributed by atoms with van der Waals surface area (Å²) in [6.45, 7) is 6.35. The second kappa shape index (κ2) is 13.6. The number of aromatic nitrogens is 4. The van der Waals surface area contributed by atoms with Gasteiger partial charge >= 0.3 is 5.63 Å². The quantitative estimate of drug-likeness (QED) is 0.208. The number of hydrogen-bond acceptors (Lipinski definition) is 11. The number of halogens is 2. The van der Waals surface area contributed by atoms with Crippen LogP contribution in [-0.4, -0.2) is 62.2 Å². The number of rotatable bonds is 9. The predicted octanol–water partition coefficient (Wildman–Crippen LogP) is 5.11. The summed E-state index contributed by atoms with van der Waals surface area (Å²) in [6.07, 6.45) is 2.98. The molecule has 1 saturated heterocycles. The lowest BCUT2D eigenvalue weighted by molar-refractivity contribution is -0.124. The third-order valence-corrected chi connectivity index (χ3v) is 9.07. The third kappa shape index (κ3) is 7.67. The first-order chi connectivity index (χ1) is 21.7. The molecule has 234 valence electrons. The van der Waals surface area contributed by atoms with Crippen molar-refractivity contribution in [3.63, 3.8) is 0 Å². The van der Waals surface area contributed by atoms with Crippen LogP contribution in [0.5, 0.6) is 0 Å². The number of anilines is 3. The van der Waals surface area contributed by atoms with Gasteiger partial charge < -0.3 is 20.4 Å². The van der Waals surface area contributed by atoms with Crippen LogP contribution in [0, 0.1) is 11.7 Å². The van der Waals surface area contributed by atoms with E-state index < -0.39 is 11.4 Å². The molecule has 6 rings (SSSR count). The van der Waals surface area contributed by atoms with Crippen molar-refractivity contribution in [1.29, 1.82) is 0 Å². The van der Waals surface area contributed by atoms with Gasteiger partial charge in [-0.25, -0.2) is 19.2 Å². The normalized spacial score (nSPS) is 21.6. The lowest BCUT2D eigenvalue weighted by atomic mass is 9.78. The molecule has 4 aromatic rings. The monoisotopic (exact) mass is 650 g/mol. The van der Waals surface area contributed by atoms with E-state index in [9.17, 15) is 14.0 Å². The van der Waals surface area contributed by atoms with E-state index in [4.69, 9.17) is 16.0 Å². The summed E-state index contributed by atoms with van der Waals surface area (Å²) < 4.78 is 19.9. The number of hydrogen-bond donors (Lipinski definition) is 3. The number of nitrogens with one attached hydrogen (secondary N) is 3. The van der Waals surface area contributed by atoms with Gasteiger partial charge in [0.15, 0.2) is 0 Å². The Morgan fingerprint density at radius 1 is 1.09 bits per heavy atom. The van der Waals surface area contributed by atoms with Gasteiger partial charge in [-0.2, -0.15) is 0 Å². The maximum absolute atomic E-state index is 14.7.